The molecule has 1 aromatic heterocycles. The molecule has 138 valence electrons. The predicted octanol–water partition coefficient (Wildman–Crippen LogP) is 1.57. The number of hydrogen-bond acceptors (Lipinski definition) is 4. The number of benzene rings is 1. The minimum atomic E-state index is -0.00762. The Kier molecular flexibility index (Phi) is 5.55. The molecule has 2 heterocycles. The second-order valence-electron chi connectivity index (χ2n) is 6.37. The average Bonchev–Trinajstić information content (AvgIpc) is 3.11. The van der Waals surface area contributed by atoms with Gasteiger partial charge < -0.3 is 14.5 Å². The van der Waals surface area contributed by atoms with Crippen LogP contribution in [0.3, 0.4) is 0 Å². The molecule has 0 saturated carbocycles. The van der Waals surface area contributed by atoms with Crippen molar-refractivity contribution < 1.29 is 14.3 Å². The van der Waals surface area contributed by atoms with E-state index in [-0.39, 0.29) is 11.8 Å². The SMILES string of the molecule is COc1ccc(C(=O)N2CCN(C(=O)CCn3ccc(C)n3)CC2)cc1. The zero-order valence-electron chi connectivity index (χ0n) is 15.2. The summed E-state index contributed by atoms with van der Waals surface area (Å²) in [5, 5.41) is 4.29. The van der Waals surface area contributed by atoms with Gasteiger partial charge in [-0.15, -0.1) is 0 Å². The number of ether oxygens (including phenoxy) is 1. The van der Waals surface area contributed by atoms with Crippen LogP contribution in [0.15, 0.2) is 36.5 Å². The monoisotopic (exact) mass is 356 g/mol. The molecule has 26 heavy (non-hydrogen) atoms. The van der Waals surface area contributed by atoms with E-state index < -0.39 is 0 Å². The topological polar surface area (TPSA) is 67.7 Å². The van der Waals surface area contributed by atoms with Gasteiger partial charge in [0, 0.05) is 50.9 Å². The Morgan fingerprint density at radius 3 is 2.27 bits per heavy atom. The molecule has 2 amide bonds. The van der Waals surface area contributed by atoms with E-state index in [2.05, 4.69) is 5.10 Å². The number of aromatic nitrogens is 2. The number of amides is 2. The van der Waals surface area contributed by atoms with Crippen molar-refractivity contribution >= 4 is 11.8 Å². The summed E-state index contributed by atoms with van der Waals surface area (Å²) in [6, 6.07) is 9.03. The van der Waals surface area contributed by atoms with Crippen LogP contribution in [0.5, 0.6) is 5.75 Å². The van der Waals surface area contributed by atoms with Gasteiger partial charge in [-0.1, -0.05) is 0 Å². The molecular weight excluding hydrogens is 332 g/mol. The number of hydrogen-bond donors (Lipinski definition) is 0. The molecule has 1 fully saturated rings. The molecule has 0 N–H and O–H groups in total. The van der Waals surface area contributed by atoms with Gasteiger partial charge in [-0.05, 0) is 37.3 Å². The fourth-order valence-corrected chi connectivity index (χ4v) is 3.03. The average molecular weight is 356 g/mol. The van der Waals surface area contributed by atoms with Crippen LogP contribution in [0.2, 0.25) is 0 Å². The maximum atomic E-state index is 12.6. The highest BCUT2D eigenvalue weighted by Crippen LogP contribution is 2.14. The van der Waals surface area contributed by atoms with Gasteiger partial charge in [-0.2, -0.15) is 5.10 Å². The third-order valence-electron chi connectivity index (χ3n) is 4.59. The van der Waals surface area contributed by atoms with Crippen LogP contribution in [0.4, 0.5) is 0 Å². The maximum absolute atomic E-state index is 12.6. The fraction of sp³-hybridized carbons (Fsp3) is 0.421. The van der Waals surface area contributed by atoms with Crippen LogP contribution in [0.1, 0.15) is 22.5 Å². The quantitative estimate of drug-likeness (QED) is 0.816. The highest BCUT2D eigenvalue weighted by Gasteiger charge is 2.24. The smallest absolute Gasteiger partial charge is 0.253 e. The van der Waals surface area contributed by atoms with Gasteiger partial charge in [0.25, 0.3) is 5.91 Å². The van der Waals surface area contributed by atoms with E-state index in [4.69, 9.17) is 4.74 Å². The van der Waals surface area contributed by atoms with Gasteiger partial charge in [-0.3, -0.25) is 14.3 Å². The van der Waals surface area contributed by atoms with E-state index in [1.54, 1.807) is 41.0 Å². The van der Waals surface area contributed by atoms with Crippen molar-refractivity contribution in [3.8, 4) is 5.75 Å². The molecule has 0 spiro atoms. The third kappa shape index (κ3) is 4.22. The number of rotatable bonds is 5. The van der Waals surface area contributed by atoms with Crippen molar-refractivity contribution in [1.29, 1.82) is 0 Å². The molecule has 1 aliphatic rings. The van der Waals surface area contributed by atoms with Gasteiger partial charge in [0.05, 0.1) is 12.8 Å². The Morgan fingerprint density at radius 2 is 1.69 bits per heavy atom. The number of carbonyl (C=O) groups excluding carboxylic acids is 2. The minimum absolute atomic E-state index is 0.00762. The molecule has 1 aromatic carbocycles. The molecule has 7 heteroatoms. The Hall–Kier alpha value is -2.83. The Morgan fingerprint density at radius 1 is 1.04 bits per heavy atom. The molecule has 0 atom stereocenters. The van der Waals surface area contributed by atoms with E-state index in [1.807, 2.05) is 24.1 Å². The van der Waals surface area contributed by atoms with Crippen molar-refractivity contribution in [2.24, 2.45) is 0 Å². The van der Waals surface area contributed by atoms with Crippen molar-refractivity contribution in [3.63, 3.8) is 0 Å². The summed E-state index contributed by atoms with van der Waals surface area (Å²) in [5.74, 6) is 0.825. The van der Waals surface area contributed by atoms with Gasteiger partial charge in [0.1, 0.15) is 5.75 Å². The van der Waals surface area contributed by atoms with Gasteiger partial charge in [0.15, 0.2) is 0 Å². The largest absolute Gasteiger partial charge is 0.497 e. The van der Waals surface area contributed by atoms with Crippen LogP contribution in [0.25, 0.3) is 0 Å². The zero-order chi connectivity index (χ0) is 18.5. The molecule has 1 saturated heterocycles. The summed E-state index contributed by atoms with van der Waals surface area (Å²) in [6.45, 7) is 4.75. The number of carbonyl (C=O) groups is 2. The molecule has 0 aliphatic carbocycles. The molecule has 0 unspecified atom stereocenters. The Balaban J connectivity index is 1.48. The molecule has 3 rings (SSSR count). The van der Waals surface area contributed by atoms with Crippen LogP contribution in [0, 0.1) is 6.92 Å². The molecular formula is C19H24N4O3. The first-order valence-corrected chi connectivity index (χ1v) is 8.78. The lowest BCUT2D eigenvalue weighted by Crippen LogP contribution is -2.50. The third-order valence-corrected chi connectivity index (χ3v) is 4.59. The molecule has 2 aromatic rings. The van der Waals surface area contributed by atoms with Crippen molar-refractivity contribution in [3.05, 3.63) is 47.8 Å². The molecule has 0 bridgehead atoms. The van der Waals surface area contributed by atoms with Gasteiger partial charge in [0.2, 0.25) is 5.91 Å². The van der Waals surface area contributed by atoms with E-state index >= 15 is 0 Å². The van der Waals surface area contributed by atoms with Crippen molar-refractivity contribution in [2.75, 3.05) is 33.3 Å². The van der Waals surface area contributed by atoms with Crippen LogP contribution in [-0.2, 0) is 11.3 Å². The number of nitrogens with zero attached hydrogens (tertiary/aromatic N) is 4. The lowest BCUT2D eigenvalue weighted by Gasteiger charge is -2.35. The lowest BCUT2D eigenvalue weighted by molar-refractivity contribution is -0.132. The summed E-state index contributed by atoms with van der Waals surface area (Å²) in [4.78, 5) is 28.5. The van der Waals surface area contributed by atoms with Crippen molar-refractivity contribution in [2.45, 2.75) is 19.9 Å². The van der Waals surface area contributed by atoms with E-state index in [0.717, 1.165) is 11.4 Å². The summed E-state index contributed by atoms with van der Waals surface area (Å²) < 4.78 is 6.90. The summed E-state index contributed by atoms with van der Waals surface area (Å²) in [5.41, 5.74) is 1.59. The normalized spacial score (nSPS) is 14.4. The minimum Gasteiger partial charge on any atom is -0.497 e. The van der Waals surface area contributed by atoms with Crippen LogP contribution in [-0.4, -0.2) is 64.7 Å². The second-order valence-corrected chi connectivity index (χ2v) is 6.37. The van der Waals surface area contributed by atoms with Crippen molar-refractivity contribution in [1.82, 2.24) is 19.6 Å². The van der Waals surface area contributed by atoms with E-state index in [1.165, 1.54) is 0 Å². The highest BCUT2D eigenvalue weighted by atomic mass is 16.5. The zero-order valence-corrected chi connectivity index (χ0v) is 15.2. The summed E-state index contributed by atoms with van der Waals surface area (Å²) >= 11 is 0. The Bertz CT molecular complexity index is 761. The highest BCUT2D eigenvalue weighted by molar-refractivity contribution is 5.94. The van der Waals surface area contributed by atoms with Crippen LogP contribution < -0.4 is 4.74 Å². The lowest BCUT2D eigenvalue weighted by atomic mass is 10.1. The molecule has 7 nitrogen and oxygen atoms in total. The number of piperazine rings is 1. The van der Waals surface area contributed by atoms with Crippen LogP contribution >= 0.6 is 0 Å². The predicted molar refractivity (Wildman–Crippen MR) is 97.1 cm³/mol. The van der Waals surface area contributed by atoms with Gasteiger partial charge in [-0.25, -0.2) is 0 Å². The number of methoxy groups -OCH3 is 1. The van der Waals surface area contributed by atoms with E-state index in [0.29, 0.717) is 44.7 Å². The maximum Gasteiger partial charge on any atom is 0.253 e. The first-order chi connectivity index (χ1) is 12.6. The standard InChI is InChI=1S/C19H24N4O3/c1-15-7-9-23(20-15)10-8-18(24)21-11-13-22(14-12-21)19(25)16-3-5-17(26-2)6-4-16/h3-7,9H,8,10-14H2,1-2H3. The summed E-state index contributed by atoms with van der Waals surface area (Å²) in [7, 11) is 1.60. The summed E-state index contributed by atoms with van der Waals surface area (Å²) in [6.07, 6.45) is 2.31. The second kappa shape index (κ2) is 8.03. The first-order valence-electron chi connectivity index (χ1n) is 8.78. The molecule has 1 aliphatic heterocycles. The first kappa shape index (κ1) is 18.0. The van der Waals surface area contributed by atoms with Gasteiger partial charge >= 0.3 is 0 Å². The molecule has 0 radical (unpaired) electrons. The number of aryl methyl sites for hydroxylation is 2. The Labute approximate surface area is 153 Å². The van der Waals surface area contributed by atoms with E-state index in [9.17, 15) is 9.59 Å². The fourth-order valence-electron chi connectivity index (χ4n) is 3.03.